The average molecular weight is 476 g/mol. The van der Waals surface area contributed by atoms with Crippen LogP contribution < -0.4 is 16.2 Å². The van der Waals surface area contributed by atoms with Gasteiger partial charge in [0.25, 0.3) is 5.56 Å². The molecule has 1 aromatic carbocycles. The minimum Gasteiger partial charge on any atom is -0.361 e. The molecule has 3 aromatic rings. The van der Waals surface area contributed by atoms with Crippen molar-refractivity contribution in [3.63, 3.8) is 0 Å². The van der Waals surface area contributed by atoms with E-state index in [-0.39, 0.29) is 11.5 Å². The summed E-state index contributed by atoms with van der Waals surface area (Å²) in [5.74, 6) is 0.546. The zero-order valence-corrected chi connectivity index (χ0v) is 20.3. The summed E-state index contributed by atoms with van der Waals surface area (Å²) in [5.41, 5.74) is 1.73. The highest BCUT2D eigenvalue weighted by Gasteiger charge is 2.31. The van der Waals surface area contributed by atoms with Crippen LogP contribution in [0.25, 0.3) is 10.9 Å². The van der Waals surface area contributed by atoms with Crippen LogP contribution in [0.3, 0.4) is 0 Å². The smallest absolute Gasteiger partial charge is 0.361 e. The first-order valence-corrected chi connectivity index (χ1v) is 11.7. The lowest BCUT2D eigenvalue weighted by molar-refractivity contribution is -0.137. The van der Waals surface area contributed by atoms with Gasteiger partial charge in [-0.05, 0) is 57.0 Å². The SMILES string of the molecule is CC.Cc1nnc(NC(C)c2cccc(C(F)(F)F)c2)c2cc(C3CCCNC3)c(=O)n(C)c12. The first kappa shape index (κ1) is 25.7. The molecule has 184 valence electrons. The second kappa shape index (κ2) is 10.5. The van der Waals surface area contributed by atoms with Gasteiger partial charge in [0.05, 0.1) is 22.8 Å². The molecule has 0 spiro atoms. The largest absolute Gasteiger partial charge is 0.416 e. The second-order valence-electron chi connectivity index (χ2n) is 8.39. The zero-order valence-electron chi connectivity index (χ0n) is 20.3. The minimum absolute atomic E-state index is 0.0563. The first-order chi connectivity index (χ1) is 16.2. The van der Waals surface area contributed by atoms with Crippen molar-refractivity contribution in [2.24, 2.45) is 7.05 Å². The van der Waals surface area contributed by atoms with Crippen molar-refractivity contribution in [1.29, 1.82) is 0 Å². The predicted octanol–water partition coefficient (Wildman–Crippen LogP) is 5.32. The highest BCUT2D eigenvalue weighted by atomic mass is 19.4. The standard InChI is InChI=1S/C23H26F3N5O.C2H6/c1-13(15-6-4-8-17(10-15)23(24,25)26)28-21-19-11-18(16-7-5-9-27-12-16)22(32)31(3)20(19)14(2)29-30-21;1-2/h4,6,8,10-11,13,16,27H,5,7,9,12H2,1-3H3,(H,28,30);1-2H3. The van der Waals surface area contributed by atoms with E-state index in [0.717, 1.165) is 49.0 Å². The number of anilines is 1. The van der Waals surface area contributed by atoms with E-state index in [1.165, 1.54) is 6.07 Å². The van der Waals surface area contributed by atoms with Crippen LogP contribution in [-0.2, 0) is 13.2 Å². The minimum atomic E-state index is -4.41. The number of nitrogens with one attached hydrogen (secondary N) is 2. The van der Waals surface area contributed by atoms with E-state index in [4.69, 9.17) is 0 Å². The normalized spacial score (nSPS) is 17.1. The maximum absolute atomic E-state index is 13.1. The summed E-state index contributed by atoms with van der Waals surface area (Å²) in [6.07, 6.45) is -2.49. The van der Waals surface area contributed by atoms with Gasteiger partial charge in [-0.1, -0.05) is 26.0 Å². The van der Waals surface area contributed by atoms with E-state index in [2.05, 4.69) is 20.8 Å². The lowest BCUT2D eigenvalue weighted by Crippen LogP contribution is -2.33. The molecule has 1 fully saturated rings. The molecule has 3 heterocycles. The quantitative estimate of drug-likeness (QED) is 0.534. The third kappa shape index (κ3) is 5.24. The average Bonchev–Trinajstić information content (AvgIpc) is 2.84. The van der Waals surface area contributed by atoms with Gasteiger partial charge in [0, 0.05) is 30.5 Å². The Hall–Kier alpha value is -2.94. The van der Waals surface area contributed by atoms with Gasteiger partial charge in [0.2, 0.25) is 0 Å². The number of piperidine rings is 1. The van der Waals surface area contributed by atoms with Crippen molar-refractivity contribution in [3.05, 3.63) is 63.1 Å². The van der Waals surface area contributed by atoms with Crippen LogP contribution in [0.2, 0.25) is 0 Å². The van der Waals surface area contributed by atoms with E-state index in [1.807, 2.05) is 19.9 Å². The molecule has 0 saturated carbocycles. The third-order valence-electron chi connectivity index (χ3n) is 6.14. The molecule has 9 heteroatoms. The molecule has 0 bridgehead atoms. The fraction of sp³-hybridized carbons (Fsp3) is 0.480. The maximum Gasteiger partial charge on any atom is 0.416 e. The van der Waals surface area contributed by atoms with Gasteiger partial charge < -0.3 is 15.2 Å². The Morgan fingerprint density at radius 1 is 1.21 bits per heavy atom. The number of alkyl halides is 3. The van der Waals surface area contributed by atoms with E-state index in [1.54, 1.807) is 31.5 Å². The molecule has 1 aliphatic rings. The van der Waals surface area contributed by atoms with Crippen LogP contribution in [0.5, 0.6) is 0 Å². The molecule has 0 amide bonds. The molecule has 2 unspecified atom stereocenters. The molecule has 0 aliphatic carbocycles. The van der Waals surface area contributed by atoms with Gasteiger partial charge in [-0.3, -0.25) is 4.79 Å². The molecule has 4 rings (SSSR count). The Morgan fingerprint density at radius 3 is 2.59 bits per heavy atom. The molecule has 2 N–H and O–H groups in total. The van der Waals surface area contributed by atoms with E-state index < -0.39 is 17.8 Å². The maximum atomic E-state index is 13.1. The molecule has 1 aliphatic heterocycles. The highest BCUT2D eigenvalue weighted by molar-refractivity contribution is 5.91. The Morgan fingerprint density at radius 2 is 1.94 bits per heavy atom. The molecule has 2 aromatic heterocycles. The van der Waals surface area contributed by atoms with Crippen molar-refractivity contribution in [3.8, 4) is 0 Å². The number of hydrogen-bond donors (Lipinski definition) is 2. The lowest BCUT2D eigenvalue weighted by Gasteiger charge is -2.24. The summed E-state index contributed by atoms with van der Waals surface area (Å²) in [5, 5.41) is 15.8. The van der Waals surface area contributed by atoms with E-state index in [9.17, 15) is 18.0 Å². The zero-order chi connectivity index (χ0) is 25.0. The second-order valence-corrected chi connectivity index (χ2v) is 8.39. The van der Waals surface area contributed by atoms with Crippen LogP contribution in [-0.4, -0.2) is 27.9 Å². The van der Waals surface area contributed by atoms with Crippen LogP contribution in [0.1, 0.15) is 68.0 Å². The van der Waals surface area contributed by atoms with Crippen LogP contribution in [0, 0.1) is 6.92 Å². The van der Waals surface area contributed by atoms with E-state index >= 15 is 0 Å². The summed E-state index contributed by atoms with van der Waals surface area (Å²) in [7, 11) is 1.72. The van der Waals surface area contributed by atoms with Crippen molar-refractivity contribution < 1.29 is 13.2 Å². The van der Waals surface area contributed by atoms with Crippen LogP contribution in [0.15, 0.2) is 35.1 Å². The number of nitrogens with zero attached hydrogens (tertiary/aromatic N) is 3. The summed E-state index contributed by atoms with van der Waals surface area (Å²) in [6.45, 7) is 9.24. The Kier molecular flexibility index (Phi) is 7.97. The van der Waals surface area contributed by atoms with Gasteiger partial charge in [0.15, 0.2) is 5.82 Å². The van der Waals surface area contributed by atoms with Crippen molar-refractivity contribution in [2.45, 2.75) is 58.7 Å². The Labute approximate surface area is 197 Å². The summed E-state index contributed by atoms with van der Waals surface area (Å²) in [4.78, 5) is 13.1. The number of pyridine rings is 1. The van der Waals surface area contributed by atoms with E-state index in [0.29, 0.717) is 22.6 Å². The number of halogens is 3. The summed E-state index contributed by atoms with van der Waals surface area (Å²) in [6, 6.07) is 6.65. The number of fused-ring (bicyclic) bond motifs is 1. The lowest BCUT2D eigenvalue weighted by atomic mass is 9.91. The fourth-order valence-corrected chi connectivity index (χ4v) is 4.39. The number of rotatable bonds is 4. The number of aryl methyl sites for hydroxylation is 2. The third-order valence-corrected chi connectivity index (χ3v) is 6.14. The number of aromatic nitrogens is 3. The molecule has 6 nitrogen and oxygen atoms in total. The van der Waals surface area contributed by atoms with Gasteiger partial charge in [-0.15, -0.1) is 5.10 Å². The van der Waals surface area contributed by atoms with Gasteiger partial charge in [-0.2, -0.15) is 18.3 Å². The molecular formula is C25H32F3N5O. The first-order valence-electron chi connectivity index (χ1n) is 11.7. The fourth-order valence-electron chi connectivity index (χ4n) is 4.39. The topological polar surface area (TPSA) is 71.8 Å². The van der Waals surface area contributed by atoms with Crippen LogP contribution >= 0.6 is 0 Å². The van der Waals surface area contributed by atoms with Crippen molar-refractivity contribution in [1.82, 2.24) is 20.1 Å². The van der Waals surface area contributed by atoms with Gasteiger partial charge in [-0.25, -0.2) is 0 Å². The predicted molar refractivity (Wildman–Crippen MR) is 129 cm³/mol. The Balaban J connectivity index is 0.00000158. The van der Waals surface area contributed by atoms with Crippen molar-refractivity contribution >= 4 is 16.7 Å². The van der Waals surface area contributed by atoms with Crippen LogP contribution in [0.4, 0.5) is 19.0 Å². The number of benzene rings is 1. The highest BCUT2D eigenvalue weighted by Crippen LogP contribution is 2.33. The van der Waals surface area contributed by atoms with Gasteiger partial charge >= 0.3 is 6.18 Å². The Bertz CT molecular complexity index is 1200. The van der Waals surface area contributed by atoms with Gasteiger partial charge in [0.1, 0.15) is 0 Å². The summed E-state index contributed by atoms with van der Waals surface area (Å²) < 4.78 is 41.0. The monoisotopic (exact) mass is 475 g/mol. The molecule has 1 saturated heterocycles. The summed E-state index contributed by atoms with van der Waals surface area (Å²) >= 11 is 0. The van der Waals surface area contributed by atoms with Crippen molar-refractivity contribution in [2.75, 3.05) is 18.4 Å². The molecule has 34 heavy (non-hydrogen) atoms. The number of hydrogen-bond acceptors (Lipinski definition) is 5. The molecule has 0 radical (unpaired) electrons. The molecular weight excluding hydrogens is 443 g/mol. The molecule has 2 atom stereocenters.